The van der Waals surface area contributed by atoms with E-state index in [4.69, 9.17) is 4.74 Å². The molecule has 2 aromatic carbocycles. The number of methoxy groups -OCH3 is 1. The highest BCUT2D eigenvalue weighted by atomic mass is 16.5. The van der Waals surface area contributed by atoms with Crippen molar-refractivity contribution in [3.63, 3.8) is 0 Å². The Labute approximate surface area is 136 Å². The third kappa shape index (κ3) is 2.48. The first kappa shape index (κ1) is 15.5. The molecule has 0 aromatic heterocycles. The second kappa shape index (κ2) is 5.69. The SMILES string of the molecule is COc1cc2c(cc1O)[C@H](c1cccc(O)c1O)[C@H](C)[C@H](C)C2. The normalized spacial score (nSPS) is 23.3. The summed E-state index contributed by atoms with van der Waals surface area (Å²) in [5.41, 5.74) is 2.78. The van der Waals surface area contributed by atoms with Crippen LogP contribution in [0.1, 0.15) is 36.5 Å². The van der Waals surface area contributed by atoms with E-state index in [0.29, 0.717) is 17.2 Å². The lowest BCUT2D eigenvalue weighted by molar-refractivity contribution is 0.312. The fraction of sp³-hybridized carbons (Fsp3) is 0.368. The quantitative estimate of drug-likeness (QED) is 0.738. The molecule has 1 aliphatic carbocycles. The molecule has 0 spiro atoms. The molecule has 122 valence electrons. The Hall–Kier alpha value is -2.36. The van der Waals surface area contributed by atoms with E-state index in [1.165, 1.54) is 13.2 Å². The molecule has 0 aliphatic heterocycles. The predicted octanol–water partition coefficient (Wildman–Crippen LogP) is 3.77. The number of aromatic hydroxyl groups is 3. The van der Waals surface area contributed by atoms with E-state index in [1.54, 1.807) is 12.1 Å². The zero-order chi connectivity index (χ0) is 16.7. The summed E-state index contributed by atoms with van der Waals surface area (Å²) >= 11 is 0. The first-order chi connectivity index (χ1) is 10.9. The predicted molar refractivity (Wildman–Crippen MR) is 88.3 cm³/mol. The van der Waals surface area contributed by atoms with Crippen LogP contribution in [0.3, 0.4) is 0 Å². The Morgan fingerprint density at radius 2 is 1.74 bits per heavy atom. The topological polar surface area (TPSA) is 69.9 Å². The second-order valence-electron chi connectivity index (χ2n) is 6.46. The van der Waals surface area contributed by atoms with Crippen molar-refractivity contribution in [1.29, 1.82) is 0 Å². The van der Waals surface area contributed by atoms with Gasteiger partial charge < -0.3 is 20.1 Å². The van der Waals surface area contributed by atoms with Crippen molar-refractivity contribution in [2.75, 3.05) is 7.11 Å². The van der Waals surface area contributed by atoms with Crippen LogP contribution in [-0.4, -0.2) is 22.4 Å². The molecule has 3 rings (SSSR count). The molecule has 4 heteroatoms. The van der Waals surface area contributed by atoms with Crippen molar-refractivity contribution < 1.29 is 20.1 Å². The molecule has 0 saturated heterocycles. The van der Waals surface area contributed by atoms with Crippen molar-refractivity contribution in [2.24, 2.45) is 11.8 Å². The van der Waals surface area contributed by atoms with Crippen LogP contribution in [0.2, 0.25) is 0 Å². The van der Waals surface area contributed by atoms with Gasteiger partial charge in [-0.1, -0.05) is 26.0 Å². The lowest BCUT2D eigenvalue weighted by Gasteiger charge is -2.37. The van der Waals surface area contributed by atoms with E-state index in [0.717, 1.165) is 17.5 Å². The van der Waals surface area contributed by atoms with Crippen molar-refractivity contribution in [2.45, 2.75) is 26.2 Å². The first-order valence-electron chi connectivity index (χ1n) is 7.84. The lowest BCUT2D eigenvalue weighted by Crippen LogP contribution is -2.26. The number of fused-ring (bicyclic) bond motifs is 1. The Morgan fingerprint density at radius 1 is 1.00 bits per heavy atom. The molecule has 0 fully saturated rings. The average molecular weight is 314 g/mol. The van der Waals surface area contributed by atoms with Crippen LogP contribution in [0.25, 0.3) is 0 Å². The molecule has 0 amide bonds. The highest BCUT2D eigenvalue weighted by Gasteiger charge is 2.35. The van der Waals surface area contributed by atoms with E-state index in [-0.39, 0.29) is 29.1 Å². The standard InChI is InChI=1S/C19H22O4/c1-10-7-12-8-17(23-3)16(21)9-14(12)18(11(10)2)13-5-4-6-15(20)19(13)22/h4-6,8-11,18,20-22H,7H2,1-3H3/t10-,11-,18+/m1/s1. The number of benzene rings is 2. The fourth-order valence-corrected chi connectivity index (χ4v) is 3.65. The van der Waals surface area contributed by atoms with Crippen LogP contribution in [0, 0.1) is 11.8 Å². The molecular weight excluding hydrogens is 292 g/mol. The van der Waals surface area contributed by atoms with E-state index in [1.807, 2.05) is 12.1 Å². The monoisotopic (exact) mass is 314 g/mol. The third-order valence-electron chi connectivity index (χ3n) is 5.12. The van der Waals surface area contributed by atoms with Gasteiger partial charge in [0.1, 0.15) is 0 Å². The van der Waals surface area contributed by atoms with Crippen LogP contribution in [0.5, 0.6) is 23.0 Å². The zero-order valence-corrected chi connectivity index (χ0v) is 13.6. The Morgan fingerprint density at radius 3 is 2.43 bits per heavy atom. The molecule has 2 aromatic rings. The first-order valence-corrected chi connectivity index (χ1v) is 7.84. The molecule has 0 radical (unpaired) electrons. The van der Waals surface area contributed by atoms with E-state index in [2.05, 4.69) is 13.8 Å². The van der Waals surface area contributed by atoms with Gasteiger partial charge in [0, 0.05) is 11.5 Å². The maximum Gasteiger partial charge on any atom is 0.161 e. The Kier molecular flexibility index (Phi) is 3.84. The maximum absolute atomic E-state index is 10.3. The summed E-state index contributed by atoms with van der Waals surface area (Å²) in [6.45, 7) is 4.32. The number of ether oxygens (including phenoxy) is 1. The number of rotatable bonds is 2. The van der Waals surface area contributed by atoms with Gasteiger partial charge in [0.15, 0.2) is 23.0 Å². The van der Waals surface area contributed by atoms with Crippen molar-refractivity contribution in [3.8, 4) is 23.0 Å². The van der Waals surface area contributed by atoms with Gasteiger partial charge in [0.2, 0.25) is 0 Å². The summed E-state index contributed by atoms with van der Waals surface area (Å²) in [5, 5.41) is 30.3. The van der Waals surface area contributed by atoms with E-state index < -0.39 is 0 Å². The molecule has 4 nitrogen and oxygen atoms in total. The molecule has 1 aliphatic rings. The number of hydrogen-bond acceptors (Lipinski definition) is 4. The Bertz CT molecular complexity index is 738. The van der Waals surface area contributed by atoms with Gasteiger partial charge in [-0.05, 0) is 47.6 Å². The lowest BCUT2D eigenvalue weighted by atomic mass is 9.67. The number of hydrogen-bond donors (Lipinski definition) is 3. The summed E-state index contributed by atoms with van der Waals surface area (Å²) in [5.74, 6) is 0.943. The zero-order valence-electron chi connectivity index (χ0n) is 13.6. The van der Waals surface area contributed by atoms with E-state index >= 15 is 0 Å². The van der Waals surface area contributed by atoms with E-state index in [9.17, 15) is 15.3 Å². The highest BCUT2D eigenvalue weighted by molar-refractivity contribution is 5.55. The van der Waals surface area contributed by atoms with Crippen LogP contribution < -0.4 is 4.74 Å². The fourth-order valence-electron chi connectivity index (χ4n) is 3.65. The summed E-state index contributed by atoms with van der Waals surface area (Å²) in [4.78, 5) is 0. The van der Waals surface area contributed by atoms with Crippen LogP contribution in [0.4, 0.5) is 0 Å². The molecule has 0 saturated carbocycles. The molecule has 0 bridgehead atoms. The van der Waals surface area contributed by atoms with Gasteiger partial charge in [-0.25, -0.2) is 0 Å². The van der Waals surface area contributed by atoms with Crippen molar-refractivity contribution >= 4 is 0 Å². The second-order valence-corrected chi connectivity index (χ2v) is 6.46. The van der Waals surface area contributed by atoms with Crippen molar-refractivity contribution in [3.05, 3.63) is 47.0 Å². The molecular formula is C19H22O4. The van der Waals surface area contributed by atoms with Crippen molar-refractivity contribution in [1.82, 2.24) is 0 Å². The van der Waals surface area contributed by atoms with Crippen LogP contribution in [0.15, 0.2) is 30.3 Å². The number of para-hydroxylation sites is 1. The highest BCUT2D eigenvalue weighted by Crippen LogP contribution is 2.49. The minimum Gasteiger partial charge on any atom is -0.504 e. The molecule has 3 atom stereocenters. The number of phenols is 3. The largest absolute Gasteiger partial charge is 0.504 e. The third-order valence-corrected chi connectivity index (χ3v) is 5.12. The van der Waals surface area contributed by atoms with Gasteiger partial charge in [-0.2, -0.15) is 0 Å². The summed E-state index contributed by atoms with van der Waals surface area (Å²) < 4.78 is 5.22. The van der Waals surface area contributed by atoms with Gasteiger partial charge in [-0.15, -0.1) is 0 Å². The minimum atomic E-state index is -0.118. The number of phenolic OH excluding ortho intramolecular Hbond substituents is 3. The maximum atomic E-state index is 10.3. The molecule has 23 heavy (non-hydrogen) atoms. The van der Waals surface area contributed by atoms with Crippen LogP contribution >= 0.6 is 0 Å². The Balaban J connectivity index is 2.21. The molecule has 3 N–H and O–H groups in total. The molecule has 0 heterocycles. The van der Waals surface area contributed by atoms with Gasteiger partial charge >= 0.3 is 0 Å². The molecule has 0 unspecified atom stereocenters. The van der Waals surface area contributed by atoms with Gasteiger partial charge in [0.25, 0.3) is 0 Å². The summed E-state index contributed by atoms with van der Waals surface area (Å²) in [6, 6.07) is 8.64. The van der Waals surface area contributed by atoms with Gasteiger partial charge in [-0.3, -0.25) is 0 Å². The van der Waals surface area contributed by atoms with Crippen LogP contribution in [-0.2, 0) is 6.42 Å². The summed E-state index contributed by atoms with van der Waals surface area (Å²) in [6.07, 6.45) is 0.892. The smallest absolute Gasteiger partial charge is 0.161 e. The summed E-state index contributed by atoms with van der Waals surface area (Å²) in [7, 11) is 1.54. The van der Waals surface area contributed by atoms with Gasteiger partial charge in [0.05, 0.1) is 7.11 Å². The minimum absolute atomic E-state index is 0.0836. The average Bonchev–Trinajstić information content (AvgIpc) is 2.52.